The normalized spacial score (nSPS) is 12.5. The van der Waals surface area contributed by atoms with Crippen LogP contribution in [-0.2, 0) is 4.79 Å². The van der Waals surface area contributed by atoms with E-state index in [-0.39, 0.29) is 17.2 Å². The number of nitrogens with two attached hydrogens (primary N) is 1. The molecule has 19 heavy (non-hydrogen) atoms. The third-order valence-corrected chi connectivity index (χ3v) is 3.13. The highest BCUT2D eigenvalue weighted by Gasteiger charge is 2.19. The molecule has 0 fully saturated rings. The van der Waals surface area contributed by atoms with Gasteiger partial charge in [-0.1, -0.05) is 13.8 Å². The summed E-state index contributed by atoms with van der Waals surface area (Å²) in [5.41, 5.74) is 7.13. The number of aromatic nitrogens is 1. The maximum absolute atomic E-state index is 12.2. The Morgan fingerprint density at radius 2 is 1.95 bits per heavy atom. The van der Waals surface area contributed by atoms with Crippen LogP contribution in [0.2, 0.25) is 0 Å². The summed E-state index contributed by atoms with van der Waals surface area (Å²) in [5.74, 6) is 0.208. The van der Waals surface area contributed by atoms with E-state index in [1.165, 1.54) is 4.57 Å². The molecule has 3 N–H and O–H groups in total. The summed E-state index contributed by atoms with van der Waals surface area (Å²) < 4.78 is 1.44. The van der Waals surface area contributed by atoms with Crippen molar-refractivity contribution in [1.29, 1.82) is 0 Å². The lowest BCUT2D eigenvalue weighted by molar-refractivity contribution is -0.124. The molecule has 0 aromatic carbocycles. The fourth-order valence-corrected chi connectivity index (χ4v) is 1.97. The van der Waals surface area contributed by atoms with Crippen LogP contribution in [0.3, 0.4) is 0 Å². The lowest BCUT2D eigenvalue weighted by Crippen LogP contribution is -2.38. The molecule has 1 aromatic rings. The van der Waals surface area contributed by atoms with Crippen molar-refractivity contribution >= 4 is 11.6 Å². The number of hydrogen-bond donors (Lipinski definition) is 2. The van der Waals surface area contributed by atoms with Crippen LogP contribution in [0.15, 0.2) is 10.9 Å². The summed E-state index contributed by atoms with van der Waals surface area (Å²) in [6.45, 7) is 9.94. The van der Waals surface area contributed by atoms with Crippen molar-refractivity contribution in [2.45, 2.75) is 40.7 Å². The molecule has 0 aliphatic carbocycles. The van der Waals surface area contributed by atoms with Crippen LogP contribution in [-0.4, -0.2) is 17.0 Å². The minimum absolute atomic E-state index is 0.165. The SMILES string of the molecule is Cc1cc(C)n([C@@H](C)C(=O)NCC(C)C)c(=O)c1N. The first-order chi connectivity index (χ1) is 8.75. The molecule has 0 saturated heterocycles. The van der Waals surface area contributed by atoms with Crippen LogP contribution < -0.4 is 16.6 Å². The molecule has 0 aliphatic rings. The average Bonchev–Trinajstić information content (AvgIpc) is 2.32. The third kappa shape index (κ3) is 3.36. The van der Waals surface area contributed by atoms with Gasteiger partial charge in [0.15, 0.2) is 0 Å². The fourth-order valence-electron chi connectivity index (χ4n) is 1.97. The van der Waals surface area contributed by atoms with E-state index in [0.717, 1.165) is 11.3 Å². The largest absolute Gasteiger partial charge is 0.394 e. The number of carbonyl (C=O) groups excluding carboxylic acids is 1. The second-order valence-corrected chi connectivity index (χ2v) is 5.37. The Morgan fingerprint density at radius 1 is 1.37 bits per heavy atom. The molecule has 1 rings (SSSR count). The van der Waals surface area contributed by atoms with E-state index >= 15 is 0 Å². The van der Waals surface area contributed by atoms with Crippen LogP contribution in [0.25, 0.3) is 0 Å². The number of pyridine rings is 1. The minimum Gasteiger partial charge on any atom is -0.394 e. The fraction of sp³-hybridized carbons (Fsp3) is 0.571. The zero-order valence-electron chi connectivity index (χ0n) is 12.3. The number of carbonyl (C=O) groups is 1. The van der Waals surface area contributed by atoms with E-state index in [2.05, 4.69) is 5.32 Å². The van der Waals surface area contributed by atoms with Crippen molar-refractivity contribution in [2.24, 2.45) is 5.92 Å². The van der Waals surface area contributed by atoms with E-state index < -0.39 is 6.04 Å². The number of hydrogen-bond acceptors (Lipinski definition) is 3. The number of nitrogen functional groups attached to an aromatic ring is 1. The highest BCUT2D eigenvalue weighted by Crippen LogP contribution is 2.12. The van der Waals surface area contributed by atoms with Crippen LogP contribution >= 0.6 is 0 Å². The molecular formula is C14H23N3O2. The van der Waals surface area contributed by atoms with Crippen LogP contribution in [0.5, 0.6) is 0 Å². The Morgan fingerprint density at radius 3 is 2.47 bits per heavy atom. The van der Waals surface area contributed by atoms with Gasteiger partial charge in [-0.15, -0.1) is 0 Å². The van der Waals surface area contributed by atoms with Crippen molar-refractivity contribution < 1.29 is 4.79 Å². The summed E-state index contributed by atoms with van der Waals surface area (Å²) in [4.78, 5) is 24.2. The Hall–Kier alpha value is -1.78. The Bertz CT molecular complexity index is 532. The highest BCUT2D eigenvalue weighted by molar-refractivity contribution is 5.80. The van der Waals surface area contributed by atoms with Gasteiger partial charge in [0.25, 0.3) is 5.56 Å². The molecule has 5 nitrogen and oxygen atoms in total. The number of anilines is 1. The maximum atomic E-state index is 12.2. The smallest absolute Gasteiger partial charge is 0.274 e. The molecule has 0 saturated carbocycles. The van der Waals surface area contributed by atoms with Gasteiger partial charge in [-0.05, 0) is 38.3 Å². The molecular weight excluding hydrogens is 242 g/mol. The van der Waals surface area contributed by atoms with Gasteiger partial charge in [-0.25, -0.2) is 0 Å². The van der Waals surface area contributed by atoms with Crippen molar-refractivity contribution in [3.63, 3.8) is 0 Å². The van der Waals surface area contributed by atoms with Gasteiger partial charge in [-0.2, -0.15) is 0 Å². The molecule has 0 bridgehead atoms. The second kappa shape index (κ2) is 5.91. The van der Waals surface area contributed by atoms with Crippen LogP contribution in [0.4, 0.5) is 5.69 Å². The molecule has 5 heteroatoms. The van der Waals surface area contributed by atoms with Gasteiger partial charge in [0.1, 0.15) is 11.7 Å². The van der Waals surface area contributed by atoms with E-state index in [0.29, 0.717) is 12.5 Å². The molecule has 1 aromatic heterocycles. The second-order valence-electron chi connectivity index (χ2n) is 5.37. The molecule has 1 atom stereocenters. The Balaban J connectivity index is 3.07. The lowest BCUT2D eigenvalue weighted by Gasteiger charge is -2.19. The van der Waals surface area contributed by atoms with E-state index in [9.17, 15) is 9.59 Å². The third-order valence-electron chi connectivity index (χ3n) is 3.13. The first kappa shape index (κ1) is 15.3. The van der Waals surface area contributed by atoms with Gasteiger partial charge in [0.05, 0.1) is 0 Å². The zero-order chi connectivity index (χ0) is 14.7. The molecule has 0 spiro atoms. The highest BCUT2D eigenvalue weighted by atomic mass is 16.2. The van der Waals surface area contributed by atoms with Gasteiger partial charge in [-0.3, -0.25) is 14.2 Å². The summed E-state index contributed by atoms with van der Waals surface area (Å²) in [6, 6.07) is 1.26. The van der Waals surface area contributed by atoms with Crippen molar-refractivity contribution in [1.82, 2.24) is 9.88 Å². The molecule has 0 aliphatic heterocycles. The zero-order valence-corrected chi connectivity index (χ0v) is 12.3. The maximum Gasteiger partial charge on any atom is 0.274 e. The number of aryl methyl sites for hydroxylation is 2. The monoisotopic (exact) mass is 265 g/mol. The number of nitrogens with one attached hydrogen (secondary N) is 1. The van der Waals surface area contributed by atoms with Crippen molar-refractivity contribution in [2.75, 3.05) is 12.3 Å². The molecule has 0 unspecified atom stereocenters. The molecule has 1 heterocycles. The number of rotatable bonds is 4. The van der Waals surface area contributed by atoms with Crippen LogP contribution in [0.1, 0.15) is 38.1 Å². The minimum atomic E-state index is -0.561. The summed E-state index contributed by atoms with van der Waals surface area (Å²) >= 11 is 0. The van der Waals surface area contributed by atoms with Gasteiger partial charge < -0.3 is 11.1 Å². The topological polar surface area (TPSA) is 77.1 Å². The van der Waals surface area contributed by atoms with Crippen LogP contribution in [0, 0.1) is 19.8 Å². The van der Waals surface area contributed by atoms with Gasteiger partial charge in [0, 0.05) is 12.2 Å². The predicted molar refractivity (Wildman–Crippen MR) is 77.1 cm³/mol. The molecule has 106 valence electrons. The first-order valence-electron chi connectivity index (χ1n) is 6.51. The lowest BCUT2D eigenvalue weighted by atomic mass is 10.1. The van der Waals surface area contributed by atoms with E-state index in [1.54, 1.807) is 20.8 Å². The van der Waals surface area contributed by atoms with Crippen molar-refractivity contribution in [3.05, 3.63) is 27.7 Å². The Kier molecular flexibility index (Phi) is 4.75. The van der Waals surface area contributed by atoms with Gasteiger partial charge >= 0.3 is 0 Å². The summed E-state index contributed by atoms with van der Waals surface area (Å²) in [6.07, 6.45) is 0. The first-order valence-corrected chi connectivity index (χ1v) is 6.51. The number of amides is 1. The van der Waals surface area contributed by atoms with Gasteiger partial charge in [0.2, 0.25) is 5.91 Å². The number of nitrogens with zero attached hydrogens (tertiary/aromatic N) is 1. The van der Waals surface area contributed by atoms with E-state index in [1.807, 2.05) is 19.9 Å². The Labute approximate surface area is 113 Å². The summed E-state index contributed by atoms with van der Waals surface area (Å²) in [7, 11) is 0. The van der Waals surface area contributed by atoms with Crippen molar-refractivity contribution in [3.8, 4) is 0 Å². The van der Waals surface area contributed by atoms with E-state index in [4.69, 9.17) is 5.73 Å². The molecule has 1 amide bonds. The average molecular weight is 265 g/mol. The quantitative estimate of drug-likeness (QED) is 0.863. The standard InChI is InChI=1S/C14H23N3O2/c1-8(2)7-16-13(18)11(5)17-10(4)6-9(3)12(15)14(17)19/h6,8,11H,7,15H2,1-5H3,(H,16,18)/t11-/m0/s1. The molecule has 0 radical (unpaired) electrons. The predicted octanol–water partition coefficient (Wildman–Crippen LogP) is 1.38. The summed E-state index contributed by atoms with van der Waals surface area (Å²) in [5, 5.41) is 2.83.